The van der Waals surface area contributed by atoms with Crippen LogP contribution in [0.15, 0.2) is 12.3 Å². The maximum absolute atomic E-state index is 12.5. The summed E-state index contributed by atoms with van der Waals surface area (Å²) in [7, 11) is 3.35. The van der Waals surface area contributed by atoms with Crippen LogP contribution in [-0.4, -0.2) is 53.3 Å². The summed E-state index contributed by atoms with van der Waals surface area (Å²) in [6.07, 6.45) is 3.71. The Balaban J connectivity index is 2.14. The molecule has 1 fully saturated rings. The first kappa shape index (κ1) is 15.5. The number of nitrogens with zero attached hydrogens (tertiary/aromatic N) is 3. The minimum Gasteiger partial charge on any atom is -0.385 e. The van der Waals surface area contributed by atoms with Crippen molar-refractivity contribution in [2.75, 3.05) is 26.8 Å². The predicted octanol–water partition coefficient (Wildman–Crippen LogP) is 0.164. The lowest BCUT2D eigenvalue weighted by molar-refractivity contribution is -0.131. The number of primary amides is 1. The van der Waals surface area contributed by atoms with E-state index in [1.165, 1.54) is 0 Å². The smallest absolute Gasteiger partial charge is 0.274 e. The fourth-order valence-electron chi connectivity index (χ4n) is 2.82. The second-order valence-electron chi connectivity index (χ2n) is 5.59. The Kier molecular flexibility index (Phi) is 4.62. The number of piperidine rings is 1. The summed E-state index contributed by atoms with van der Waals surface area (Å²) >= 11 is 0. The molecule has 1 atom stereocenters. The van der Waals surface area contributed by atoms with Gasteiger partial charge in [0.2, 0.25) is 5.91 Å². The third-order valence-corrected chi connectivity index (χ3v) is 4.10. The van der Waals surface area contributed by atoms with Crippen LogP contribution in [-0.2, 0) is 16.6 Å². The van der Waals surface area contributed by atoms with Gasteiger partial charge in [-0.1, -0.05) is 0 Å². The lowest BCUT2D eigenvalue weighted by Crippen LogP contribution is -2.52. The minimum atomic E-state index is -0.696. The van der Waals surface area contributed by atoms with Gasteiger partial charge in [0, 0.05) is 40.1 Å². The molecule has 2 heterocycles. The molecule has 1 aliphatic rings. The van der Waals surface area contributed by atoms with Crippen LogP contribution in [0.5, 0.6) is 0 Å². The van der Waals surface area contributed by atoms with E-state index in [0.717, 1.165) is 6.42 Å². The average molecular weight is 294 g/mol. The second kappa shape index (κ2) is 6.26. The van der Waals surface area contributed by atoms with Gasteiger partial charge in [-0.2, -0.15) is 5.10 Å². The van der Waals surface area contributed by atoms with E-state index in [0.29, 0.717) is 38.2 Å². The Morgan fingerprint density at radius 2 is 2.29 bits per heavy atom. The normalized spacial score (nSPS) is 22.3. The van der Waals surface area contributed by atoms with Crippen molar-refractivity contribution >= 4 is 11.8 Å². The van der Waals surface area contributed by atoms with Crippen molar-refractivity contribution in [1.82, 2.24) is 14.7 Å². The number of hydrogen-bond donors (Lipinski definition) is 1. The molecule has 0 aliphatic carbocycles. The number of carbonyl (C=O) groups is 2. The van der Waals surface area contributed by atoms with E-state index in [1.807, 2.05) is 0 Å². The van der Waals surface area contributed by atoms with E-state index < -0.39 is 5.41 Å². The molecule has 0 aromatic carbocycles. The van der Waals surface area contributed by atoms with Crippen LogP contribution >= 0.6 is 0 Å². The van der Waals surface area contributed by atoms with Crippen LogP contribution < -0.4 is 5.73 Å². The van der Waals surface area contributed by atoms with Crippen molar-refractivity contribution in [3.05, 3.63) is 18.0 Å². The number of nitrogens with two attached hydrogens (primary N) is 1. The quantitative estimate of drug-likeness (QED) is 0.838. The van der Waals surface area contributed by atoms with Crippen molar-refractivity contribution in [2.45, 2.75) is 19.3 Å². The molecular weight excluding hydrogens is 272 g/mol. The number of hydrogen-bond acceptors (Lipinski definition) is 4. The molecule has 21 heavy (non-hydrogen) atoms. The lowest BCUT2D eigenvalue weighted by Gasteiger charge is -2.40. The number of amides is 2. The molecule has 2 rings (SSSR count). The Morgan fingerprint density at radius 1 is 1.52 bits per heavy atom. The van der Waals surface area contributed by atoms with Crippen molar-refractivity contribution < 1.29 is 14.3 Å². The predicted molar refractivity (Wildman–Crippen MR) is 76.5 cm³/mol. The first-order chi connectivity index (χ1) is 9.98. The highest BCUT2D eigenvalue weighted by molar-refractivity contribution is 5.93. The Bertz CT molecular complexity index is 528. The van der Waals surface area contributed by atoms with Gasteiger partial charge < -0.3 is 15.4 Å². The molecule has 0 radical (unpaired) electrons. The Morgan fingerprint density at radius 3 is 2.86 bits per heavy atom. The molecule has 2 amide bonds. The standard InChI is InChI=1S/C14H22N4O3/c1-17-8-4-11(16-17)12(19)18-7-3-5-14(10-18,13(15)20)6-9-21-2/h4,8H,3,5-7,9-10H2,1-2H3,(H2,15,20). The summed E-state index contributed by atoms with van der Waals surface area (Å²) in [5, 5.41) is 4.13. The van der Waals surface area contributed by atoms with Gasteiger partial charge in [-0.3, -0.25) is 14.3 Å². The van der Waals surface area contributed by atoms with E-state index in [1.54, 1.807) is 36.0 Å². The topological polar surface area (TPSA) is 90.5 Å². The number of ether oxygens (including phenoxy) is 1. The number of methoxy groups -OCH3 is 1. The number of aromatic nitrogens is 2. The molecular formula is C14H22N4O3. The van der Waals surface area contributed by atoms with Gasteiger partial charge in [-0.15, -0.1) is 0 Å². The van der Waals surface area contributed by atoms with Gasteiger partial charge in [-0.05, 0) is 25.3 Å². The van der Waals surface area contributed by atoms with Gasteiger partial charge >= 0.3 is 0 Å². The molecule has 7 heteroatoms. The third kappa shape index (κ3) is 3.24. The van der Waals surface area contributed by atoms with Gasteiger partial charge in [0.15, 0.2) is 0 Å². The molecule has 0 spiro atoms. The van der Waals surface area contributed by atoms with Crippen molar-refractivity contribution in [2.24, 2.45) is 18.2 Å². The molecule has 1 saturated heterocycles. The fourth-order valence-corrected chi connectivity index (χ4v) is 2.82. The van der Waals surface area contributed by atoms with Crippen LogP contribution in [0.4, 0.5) is 0 Å². The summed E-state index contributed by atoms with van der Waals surface area (Å²) in [6, 6.07) is 1.68. The minimum absolute atomic E-state index is 0.154. The van der Waals surface area contributed by atoms with Gasteiger partial charge in [0.05, 0.1) is 5.41 Å². The maximum atomic E-state index is 12.5. The number of likely N-dealkylation sites (tertiary alicyclic amines) is 1. The molecule has 0 saturated carbocycles. The molecule has 2 N–H and O–H groups in total. The molecule has 0 bridgehead atoms. The van der Waals surface area contributed by atoms with Crippen molar-refractivity contribution in [1.29, 1.82) is 0 Å². The van der Waals surface area contributed by atoms with Gasteiger partial charge in [0.1, 0.15) is 5.69 Å². The van der Waals surface area contributed by atoms with E-state index in [9.17, 15) is 9.59 Å². The molecule has 1 aromatic rings. The number of rotatable bonds is 5. The molecule has 116 valence electrons. The summed E-state index contributed by atoms with van der Waals surface area (Å²) in [5.74, 6) is -0.517. The molecule has 1 unspecified atom stereocenters. The summed E-state index contributed by atoms with van der Waals surface area (Å²) in [4.78, 5) is 26.0. The fraction of sp³-hybridized carbons (Fsp3) is 0.643. The SMILES string of the molecule is COCCC1(C(N)=O)CCCN(C(=O)c2ccn(C)n2)C1. The zero-order valence-electron chi connectivity index (χ0n) is 12.5. The highest BCUT2D eigenvalue weighted by Gasteiger charge is 2.42. The zero-order valence-corrected chi connectivity index (χ0v) is 12.5. The van der Waals surface area contributed by atoms with E-state index in [-0.39, 0.29) is 11.8 Å². The van der Waals surface area contributed by atoms with Crippen LogP contribution in [0.1, 0.15) is 29.8 Å². The highest BCUT2D eigenvalue weighted by Crippen LogP contribution is 2.33. The first-order valence-corrected chi connectivity index (χ1v) is 7.06. The molecule has 7 nitrogen and oxygen atoms in total. The zero-order chi connectivity index (χ0) is 15.5. The monoisotopic (exact) mass is 294 g/mol. The Hall–Kier alpha value is -1.89. The van der Waals surface area contributed by atoms with Crippen LogP contribution in [0.2, 0.25) is 0 Å². The average Bonchev–Trinajstić information content (AvgIpc) is 2.91. The molecule has 1 aromatic heterocycles. The Labute approximate surface area is 124 Å². The van der Waals surface area contributed by atoms with E-state index in [4.69, 9.17) is 10.5 Å². The van der Waals surface area contributed by atoms with E-state index >= 15 is 0 Å². The highest BCUT2D eigenvalue weighted by atomic mass is 16.5. The first-order valence-electron chi connectivity index (χ1n) is 7.06. The number of carbonyl (C=O) groups excluding carboxylic acids is 2. The van der Waals surface area contributed by atoms with Gasteiger partial charge in [0.25, 0.3) is 5.91 Å². The van der Waals surface area contributed by atoms with Gasteiger partial charge in [-0.25, -0.2) is 0 Å². The number of aryl methyl sites for hydroxylation is 1. The van der Waals surface area contributed by atoms with E-state index in [2.05, 4.69) is 5.10 Å². The summed E-state index contributed by atoms with van der Waals surface area (Å²) < 4.78 is 6.66. The maximum Gasteiger partial charge on any atom is 0.274 e. The molecule has 1 aliphatic heterocycles. The summed E-state index contributed by atoms with van der Waals surface area (Å²) in [6.45, 7) is 1.41. The lowest BCUT2D eigenvalue weighted by atomic mass is 9.76. The van der Waals surface area contributed by atoms with Crippen molar-refractivity contribution in [3.8, 4) is 0 Å². The summed E-state index contributed by atoms with van der Waals surface area (Å²) in [5.41, 5.74) is 5.29. The second-order valence-corrected chi connectivity index (χ2v) is 5.59. The third-order valence-electron chi connectivity index (χ3n) is 4.10. The largest absolute Gasteiger partial charge is 0.385 e. The van der Waals surface area contributed by atoms with Crippen LogP contribution in [0.25, 0.3) is 0 Å². The van der Waals surface area contributed by atoms with Crippen LogP contribution in [0, 0.1) is 5.41 Å². The van der Waals surface area contributed by atoms with Crippen LogP contribution in [0.3, 0.4) is 0 Å². The van der Waals surface area contributed by atoms with Crippen molar-refractivity contribution in [3.63, 3.8) is 0 Å².